The molecule has 2 rings (SSSR count). The number of hydrogen-bond acceptors (Lipinski definition) is 5. The van der Waals surface area contributed by atoms with Gasteiger partial charge in [-0.3, -0.25) is 0 Å². The molecular formula is C12H20N4O4S. The molecule has 2 heterocycles. The molecule has 0 radical (unpaired) electrons. The highest BCUT2D eigenvalue weighted by atomic mass is 32.2. The van der Waals surface area contributed by atoms with Crippen LogP contribution in [0.2, 0.25) is 0 Å². The van der Waals surface area contributed by atoms with Gasteiger partial charge in [0, 0.05) is 33.2 Å². The summed E-state index contributed by atoms with van der Waals surface area (Å²) in [5.74, 6) is 0.292. The zero-order chi connectivity index (χ0) is 15.6. The summed E-state index contributed by atoms with van der Waals surface area (Å²) in [6, 6.07) is -0.188. The van der Waals surface area contributed by atoms with Crippen LogP contribution in [0.25, 0.3) is 0 Å². The first-order valence-electron chi connectivity index (χ1n) is 6.77. The Morgan fingerprint density at radius 3 is 2.52 bits per heavy atom. The van der Waals surface area contributed by atoms with Gasteiger partial charge in [0.25, 0.3) is 0 Å². The molecule has 1 aliphatic rings. The number of hydrogen-bond donors (Lipinski definition) is 1. The summed E-state index contributed by atoms with van der Waals surface area (Å²) in [5, 5.41) is 6.26. The van der Waals surface area contributed by atoms with Crippen LogP contribution in [-0.2, 0) is 10.0 Å². The van der Waals surface area contributed by atoms with Crippen LogP contribution >= 0.6 is 0 Å². The van der Waals surface area contributed by atoms with E-state index in [-0.39, 0.29) is 17.5 Å². The molecule has 0 aromatic carbocycles. The molecule has 9 heteroatoms. The molecule has 1 aromatic rings. The Hall–Kier alpha value is -1.61. The second-order valence-electron chi connectivity index (χ2n) is 4.95. The molecule has 0 unspecified atom stereocenters. The first-order chi connectivity index (χ1) is 9.87. The maximum absolute atomic E-state index is 12.7. The number of nitrogens with zero attached hydrogens (tertiary/aromatic N) is 3. The van der Waals surface area contributed by atoms with E-state index in [1.54, 1.807) is 25.8 Å². The zero-order valence-electron chi connectivity index (χ0n) is 12.4. The van der Waals surface area contributed by atoms with Gasteiger partial charge in [-0.25, -0.2) is 13.2 Å². The van der Waals surface area contributed by atoms with Crippen LogP contribution in [0.5, 0.6) is 0 Å². The van der Waals surface area contributed by atoms with Crippen LogP contribution in [0.15, 0.2) is 9.42 Å². The number of aromatic nitrogens is 1. The smallest absolute Gasteiger partial charge is 0.317 e. The summed E-state index contributed by atoms with van der Waals surface area (Å²) in [6.45, 7) is 4.73. The van der Waals surface area contributed by atoms with Gasteiger partial charge in [-0.2, -0.15) is 4.31 Å². The van der Waals surface area contributed by atoms with Gasteiger partial charge in [0.15, 0.2) is 5.76 Å². The lowest BCUT2D eigenvalue weighted by Crippen LogP contribution is -2.41. The van der Waals surface area contributed by atoms with Crippen LogP contribution in [-0.4, -0.2) is 62.0 Å². The molecule has 1 fully saturated rings. The second-order valence-corrected chi connectivity index (χ2v) is 6.83. The lowest BCUT2D eigenvalue weighted by molar-refractivity contribution is 0.202. The van der Waals surface area contributed by atoms with Crippen LogP contribution < -0.4 is 5.32 Å². The van der Waals surface area contributed by atoms with Gasteiger partial charge >= 0.3 is 6.03 Å². The molecule has 1 aliphatic heterocycles. The summed E-state index contributed by atoms with van der Waals surface area (Å²) in [4.78, 5) is 13.4. The summed E-state index contributed by atoms with van der Waals surface area (Å²) in [5.41, 5.74) is 0.361. The SMILES string of the molecule is CNC(=O)N1CCCN(S(=O)(=O)c2c(C)noc2C)CC1. The Labute approximate surface area is 124 Å². The molecule has 1 saturated heterocycles. The van der Waals surface area contributed by atoms with Gasteiger partial charge in [0.05, 0.1) is 0 Å². The maximum Gasteiger partial charge on any atom is 0.317 e. The molecule has 21 heavy (non-hydrogen) atoms. The molecular weight excluding hydrogens is 296 g/mol. The summed E-state index contributed by atoms with van der Waals surface area (Å²) in [6.07, 6.45) is 0.593. The Morgan fingerprint density at radius 2 is 1.95 bits per heavy atom. The van der Waals surface area contributed by atoms with Crippen molar-refractivity contribution >= 4 is 16.1 Å². The number of aryl methyl sites for hydroxylation is 2. The maximum atomic E-state index is 12.7. The normalized spacial score (nSPS) is 17.6. The second kappa shape index (κ2) is 6.02. The van der Waals surface area contributed by atoms with Crippen LogP contribution in [0, 0.1) is 13.8 Å². The van der Waals surface area contributed by atoms with Gasteiger partial charge in [0.2, 0.25) is 10.0 Å². The predicted molar refractivity (Wildman–Crippen MR) is 75.4 cm³/mol. The number of sulfonamides is 1. The highest BCUT2D eigenvalue weighted by Gasteiger charge is 2.32. The summed E-state index contributed by atoms with van der Waals surface area (Å²) in [7, 11) is -2.08. The fourth-order valence-electron chi connectivity index (χ4n) is 2.47. The standard InChI is InChI=1S/C12H20N4O4S/c1-9-11(10(2)20-14-9)21(18,19)16-6-4-5-15(7-8-16)12(17)13-3/h4-8H2,1-3H3,(H,13,17). The first-order valence-corrected chi connectivity index (χ1v) is 8.21. The van der Waals surface area contributed by atoms with E-state index in [1.807, 2.05) is 0 Å². The Bertz CT molecular complexity index is 606. The minimum absolute atomic E-state index is 0.135. The van der Waals surface area contributed by atoms with Crippen molar-refractivity contribution < 1.29 is 17.7 Å². The molecule has 118 valence electrons. The van der Waals surface area contributed by atoms with Crippen molar-refractivity contribution in [3.05, 3.63) is 11.5 Å². The lowest BCUT2D eigenvalue weighted by atomic mass is 10.4. The number of amides is 2. The van der Waals surface area contributed by atoms with Crippen molar-refractivity contribution in [2.24, 2.45) is 0 Å². The van der Waals surface area contributed by atoms with Crippen molar-refractivity contribution in [3.8, 4) is 0 Å². The third kappa shape index (κ3) is 3.03. The van der Waals surface area contributed by atoms with Gasteiger partial charge in [-0.1, -0.05) is 5.16 Å². The van der Waals surface area contributed by atoms with Crippen molar-refractivity contribution in [1.29, 1.82) is 0 Å². The highest BCUT2D eigenvalue weighted by Crippen LogP contribution is 2.24. The molecule has 0 aliphatic carbocycles. The Kier molecular flexibility index (Phi) is 4.52. The average Bonchev–Trinajstić information content (AvgIpc) is 2.68. The van der Waals surface area contributed by atoms with E-state index in [0.29, 0.717) is 37.5 Å². The molecule has 8 nitrogen and oxygen atoms in total. The van der Waals surface area contributed by atoms with Gasteiger partial charge < -0.3 is 14.7 Å². The fraction of sp³-hybridized carbons (Fsp3) is 0.667. The summed E-state index contributed by atoms with van der Waals surface area (Å²) < 4.78 is 31.7. The molecule has 0 saturated carbocycles. The van der Waals surface area contributed by atoms with Crippen molar-refractivity contribution in [1.82, 2.24) is 19.7 Å². The lowest BCUT2D eigenvalue weighted by Gasteiger charge is -2.21. The van der Waals surface area contributed by atoms with Gasteiger partial charge in [0.1, 0.15) is 10.6 Å². The van der Waals surface area contributed by atoms with Crippen LogP contribution in [0.1, 0.15) is 17.9 Å². The molecule has 1 N–H and O–H groups in total. The van der Waals surface area contributed by atoms with E-state index in [9.17, 15) is 13.2 Å². The van der Waals surface area contributed by atoms with E-state index in [2.05, 4.69) is 10.5 Å². The van der Waals surface area contributed by atoms with E-state index in [0.717, 1.165) is 0 Å². The molecule has 0 atom stereocenters. The van der Waals surface area contributed by atoms with E-state index in [4.69, 9.17) is 4.52 Å². The van der Waals surface area contributed by atoms with Crippen molar-refractivity contribution in [2.45, 2.75) is 25.2 Å². The number of urea groups is 1. The highest BCUT2D eigenvalue weighted by molar-refractivity contribution is 7.89. The Morgan fingerprint density at radius 1 is 1.24 bits per heavy atom. The topological polar surface area (TPSA) is 95.8 Å². The van der Waals surface area contributed by atoms with Crippen molar-refractivity contribution in [2.75, 3.05) is 33.2 Å². The van der Waals surface area contributed by atoms with Crippen molar-refractivity contribution in [3.63, 3.8) is 0 Å². The zero-order valence-corrected chi connectivity index (χ0v) is 13.2. The minimum Gasteiger partial charge on any atom is -0.360 e. The quantitative estimate of drug-likeness (QED) is 0.848. The van der Waals surface area contributed by atoms with Crippen LogP contribution in [0.4, 0.5) is 4.79 Å². The third-order valence-electron chi connectivity index (χ3n) is 3.52. The number of carbonyl (C=O) groups excluding carboxylic acids is 1. The fourth-order valence-corrected chi connectivity index (χ4v) is 4.23. The molecule has 0 spiro atoms. The van der Waals surface area contributed by atoms with Crippen LogP contribution in [0.3, 0.4) is 0 Å². The molecule has 0 bridgehead atoms. The van der Waals surface area contributed by atoms with E-state index < -0.39 is 10.0 Å². The number of carbonyl (C=O) groups is 1. The largest absolute Gasteiger partial charge is 0.360 e. The van der Waals surface area contributed by atoms with Gasteiger partial charge in [-0.05, 0) is 20.3 Å². The molecule has 2 amide bonds. The third-order valence-corrected chi connectivity index (χ3v) is 5.67. The number of nitrogens with one attached hydrogen (secondary N) is 1. The average molecular weight is 316 g/mol. The van der Waals surface area contributed by atoms with E-state index >= 15 is 0 Å². The summed E-state index contributed by atoms with van der Waals surface area (Å²) >= 11 is 0. The minimum atomic E-state index is -3.64. The molecule has 1 aromatic heterocycles. The first kappa shape index (κ1) is 15.8. The Balaban J connectivity index is 2.21. The monoisotopic (exact) mass is 316 g/mol. The van der Waals surface area contributed by atoms with Gasteiger partial charge in [-0.15, -0.1) is 0 Å². The number of rotatable bonds is 2. The predicted octanol–water partition coefficient (Wildman–Crippen LogP) is 0.327. The van der Waals surface area contributed by atoms with E-state index in [1.165, 1.54) is 4.31 Å².